The van der Waals surface area contributed by atoms with E-state index in [9.17, 15) is 51.6 Å². The molecule has 2 bridgehead atoms. The van der Waals surface area contributed by atoms with Crippen LogP contribution < -0.4 is 10.6 Å². The lowest BCUT2D eigenvalue weighted by atomic mass is 9.71. The molecule has 0 heterocycles. The van der Waals surface area contributed by atoms with Gasteiger partial charge in [-0.05, 0) is 68.6 Å². The van der Waals surface area contributed by atoms with Gasteiger partial charge in [-0.1, -0.05) is 11.6 Å². The van der Waals surface area contributed by atoms with E-state index < -0.39 is 86.0 Å². The third-order valence-corrected chi connectivity index (χ3v) is 12.0. The molecule has 3 aliphatic carbocycles. The molecule has 0 radical (unpaired) electrons. The molecule has 2 aromatic rings. The number of rotatable bonds is 8. The molecule has 2 amide bonds. The van der Waals surface area contributed by atoms with Gasteiger partial charge in [0.25, 0.3) is 5.91 Å². The molecule has 5 atom stereocenters. The van der Waals surface area contributed by atoms with E-state index in [0.717, 1.165) is 6.07 Å². The van der Waals surface area contributed by atoms with Crippen LogP contribution in [0.2, 0.25) is 5.02 Å². The summed E-state index contributed by atoms with van der Waals surface area (Å²) in [5, 5.41) is 45.6. The highest BCUT2D eigenvalue weighted by atomic mass is 35.5. The zero-order valence-electron chi connectivity index (χ0n) is 23.2. The molecule has 3 fully saturated rings. The predicted octanol–water partition coefficient (Wildman–Crippen LogP) is 2.31. The van der Waals surface area contributed by atoms with Gasteiger partial charge >= 0.3 is 0 Å². The lowest BCUT2D eigenvalue weighted by molar-refractivity contribution is -0.144. The molecular weight excluding hydrogens is 629 g/mol. The molecule has 0 spiro atoms. The Morgan fingerprint density at radius 3 is 2.11 bits per heavy atom. The smallest absolute Gasteiger partial charge is 0.255 e. The summed E-state index contributed by atoms with van der Waals surface area (Å²) in [6, 6.07) is 4.59. The summed E-state index contributed by atoms with van der Waals surface area (Å²) in [7, 11) is -4.18. The standard InChI is InChI=1S/C29H32ClF3N2O8S/c30-19-4-1-13(28(40)35-17-10-20(31)26(33)21(32)11-17)7-24(19)44(42,43)18-8-15-2-3-16(9-18)29(15,41)25(38)12-34-27(39)14-5-22(36)23(37)6-14/h1,4,7,10-11,14-16,18,22-23,25,36-38,41H,2-3,5-6,8-9,12H2,(H,34,39)(H,35,40)/t14?,15?,16?,18-,22?,23?,25?,29-. The number of halogens is 4. The van der Waals surface area contributed by atoms with Gasteiger partial charge < -0.3 is 31.1 Å². The summed E-state index contributed by atoms with van der Waals surface area (Å²) in [6.45, 7) is -0.298. The lowest BCUT2D eigenvalue weighted by Crippen LogP contribution is -2.58. The Balaban J connectivity index is 1.28. The van der Waals surface area contributed by atoms with Crippen LogP contribution >= 0.6 is 11.6 Å². The molecule has 3 aliphatic rings. The number of hydrogen-bond acceptors (Lipinski definition) is 8. The van der Waals surface area contributed by atoms with Crippen molar-refractivity contribution in [2.75, 3.05) is 11.9 Å². The van der Waals surface area contributed by atoms with Crippen molar-refractivity contribution in [3.63, 3.8) is 0 Å². The van der Waals surface area contributed by atoms with Gasteiger partial charge in [0, 0.05) is 35.8 Å². The third kappa shape index (κ3) is 5.95. The van der Waals surface area contributed by atoms with Crippen LogP contribution in [0.15, 0.2) is 35.2 Å². The van der Waals surface area contributed by atoms with E-state index in [0.29, 0.717) is 25.0 Å². The molecule has 2 aromatic carbocycles. The molecule has 6 N–H and O–H groups in total. The van der Waals surface area contributed by atoms with E-state index in [1.165, 1.54) is 12.1 Å². The maximum absolute atomic E-state index is 13.8. The summed E-state index contributed by atoms with van der Waals surface area (Å²) in [6.07, 6.45) is -2.47. The molecule has 0 aromatic heterocycles. The van der Waals surface area contributed by atoms with E-state index in [-0.39, 0.29) is 53.4 Å². The van der Waals surface area contributed by atoms with E-state index in [4.69, 9.17) is 11.6 Å². The van der Waals surface area contributed by atoms with Gasteiger partial charge in [0.15, 0.2) is 27.3 Å². The molecule has 5 unspecified atom stereocenters. The van der Waals surface area contributed by atoms with Crippen LogP contribution in [-0.4, -0.2) is 76.4 Å². The average molecular weight is 661 g/mol. The van der Waals surface area contributed by atoms with Crippen LogP contribution in [-0.2, 0) is 14.6 Å². The van der Waals surface area contributed by atoms with Crippen molar-refractivity contribution in [2.24, 2.45) is 17.8 Å². The topological polar surface area (TPSA) is 173 Å². The minimum atomic E-state index is -4.18. The molecule has 5 rings (SSSR count). The minimum absolute atomic E-state index is 0.0256. The number of nitrogens with one attached hydrogen (secondary N) is 2. The first-order chi connectivity index (χ1) is 20.6. The Morgan fingerprint density at radius 2 is 1.55 bits per heavy atom. The van der Waals surface area contributed by atoms with Gasteiger partial charge in [-0.25, -0.2) is 21.6 Å². The fraction of sp³-hybridized carbons (Fsp3) is 0.517. The normalized spacial score (nSPS) is 30.6. The third-order valence-electron chi connectivity index (χ3n) is 9.32. The van der Waals surface area contributed by atoms with Crippen molar-refractivity contribution in [3.05, 3.63) is 58.4 Å². The number of anilines is 1. The van der Waals surface area contributed by atoms with Crippen LogP contribution in [0.4, 0.5) is 18.9 Å². The molecule has 44 heavy (non-hydrogen) atoms. The van der Waals surface area contributed by atoms with Crippen LogP contribution in [0.5, 0.6) is 0 Å². The Labute approximate surface area is 256 Å². The van der Waals surface area contributed by atoms with Crippen molar-refractivity contribution < 1.29 is 51.6 Å². The number of aliphatic hydroxyl groups is 4. The van der Waals surface area contributed by atoms with Gasteiger partial charge in [-0.2, -0.15) is 0 Å². The van der Waals surface area contributed by atoms with Crippen LogP contribution in [0.1, 0.15) is 48.9 Å². The minimum Gasteiger partial charge on any atom is -0.390 e. The van der Waals surface area contributed by atoms with Crippen molar-refractivity contribution in [1.29, 1.82) is 0 Å². The van der Waals surface area contributed by atoms with E-state index >= 15 is 0 Å². The summed E-state index contributed by atoms with van der Waals surface area (Å²) in [5.74, 6) is -8.04. The monoisotopic (exact) mass is 660 g/mol. The Kier molecular flexibility index (Phi) is 9.06. The number of benzene rings is 2. The molecule has 3 saturated carbocycles. The molecule has 0 aliphatic heterocycles. The second-order valence-corrected chi connectivity index (χ2v) is 14.5. The number of fused-ring (bicyclic) bond motifs is 2. The summed E-state index contributed by atoms with van der Waals surface area (Å²) < 4.78 is 68.0. The van der Waals surface area contributed by atoms with Crippen molar-refractivity contribution >= 4 is 38.9 Å². The van der Waals surface area contributed by atoms with Gasteiger partial charge in [-0.15, -0.1) is 0 Å². The van der Waals surface area contributed by atoms with Crippen molar-refractivity contribution in [3.8, 4) is 0 Å². The zero-order valence-corrected chi connectivity index (χ0v) is 24.8. The Bertz CT molecular complexity index is 1530. The molecular formula is C29H32ClF3N2O8S. The maximum atomic E-state index is 13.8. The summed E-state index contributed by atoms with van der Waals surface area (Å²) >= 11 is 6.25. The van der Waals surface area contributed by atoms with Gasteiger partial charge in [-0.3, -0.25) is 9.59 Å². The quantitative estimate of drug-likeness (QED) is 0.234. The highest BCUT2D eigenvalue weighted by molar-refractivity contribution is 7.92. The summed E-state index contributed by atoms with van der Waals surface area (Å²) in [5.41, 5.74) is -2.25. The van der Waals surface area contributed by atoms with Crippen molar-refractivity contribution in [1.82, 2.24) is 5.32 Å². The highest BCUT2D eigenvalue weighted by Crippen LogP contribution is 2.53. The van der Waals surface area contributed by atoms with Crippen LogP contribution in [0, 0.1) is 35.2 Å². The summed E-state index contributed by atoms with van der Waals surface area (Å²) in [4.78, 5) is 24.9. The second kappa shape index (κ2) is 12.2. The first-order valence-electron chi connectivity index (χ1n) is 14.2. The molecule has 10 nitrogen and oxygen atoms in total. The van der Waals surface area contributed by atoms with Crippen LogP contribution in [0.25, 0.3) is 0 Å². The molecule has 0 saturated heterocycles. The largest absolute Gasteiger partial charge is 0.390 e. The number of carbonyl (C=O) groups excluding carboxylic acids is 2. The first kappa shape index (κ1) is 32.6. The first-order valence-corrected chi connectivity index (χ1v) is 16.1. The SMILES string of the molecule is O=C(Nc1cc(F)c(F)c(F)c1)c1ccc(Cl)c(S(=O)(=O)[C@H]2CC3CCC(C2)[C@]3(O)C(O)CNC(=O)C2CC(O)C(O)C2)c1. The number of hydrogen-bond donors (Lipinski definition) is 6. The van der Waals surface area contributed by atoms with Gasteiger partial charge in [0.05, 0.1) is 33.0 Å². The molecule has 240 valence electrons. The van der Waals surface area contributed by atoms with E-state index in [2.05, 4.69) is 10.6 Å². The predicted molar refractivity (Wildman–Crippen MR) is 151 cm³/mol. The van der Waals surface area contributed by atoms with Crippen LogP contribution in [0.3, 0.4) is 0 Å². The van der Waals surface area contributed by atoms with Gasteiger partial charge in [0.2, 0.25) is 5.91 Å². The lowest BCUT2D eigenvalue weighted by Gasteiger charge is -2.45. The number of sulfone groups is 1. The van der Waals surface area contributed by atoms with Gasteiger partial charge in [0.1, 0.15) is 6.10 Å². The average Bonchev–Trinajstić information content (AvgIpc) is 3.36. The van der Waals surface area contributed by atoms with E-state index in [1.54, 1.807) is 0 Å². The molecule has 15 heteroatoms. The number of carbonyl (C=O) groups is 2. The zero-order chi connectivity index (χ0) is 32.1. The number of aliphatic hydroxyl groups excluding tert-OH is 3. The Morgan fingerprint density at radius 1 is 0.977 bits per heavy atom. The Hall–Kier alpha value is -2.75. The van der Waals surface area contributed by atoms with Crippen molar-refractivity contribution in [2.45, 2.75) is 72.6 Å². The fourth-order valence-corrected chi connectivity index (χ4v) is 9.33. The fourth-order valence-electron chi connectivity index (χ4n) is 6.93. The second-order valence-electron chi connectivity index (χ2n) is 11.9. The highest BCUT2D eigenvalue weighted by Gasteiger charge is 2.59. The van der Waals surface area contributed by atoms with E-state index in [1.807, 2.05) is 0 Å². The maximum Gasteiger partial charge on any atom is 0.255 e. The number of amides is 2.